The molecule has 174 valence electrons. The number of rotatable bonds is 3. The van der Waals surface area contributed by atoms with Gasteiger partial charge in [-0.1, -0.05) is 17.9 Å². The molecule has 9 heteroatoms. The molecule has 0 bridgehead atoms. The highest BCUT2D eigenvalue weighted by atomic mass is 16.5. The number of fused-ring (bicyclic) bond motifs is 1. The number of nitrogens with zero attached hydrogens (tertiary/aromatic N) is 4. The molecule has 0 saturated heterocycles. The standard InChI is InChI=1S/C25H25N5O4/c1-25(2,33)10-9-17-7-8-22-21(13-17)29(3)23(31)20(16-34-22)28-24(32)30-15-18(14-27-30)12-19-6-4-5-11-26-19/h4-8,11,13-15,20,33H,12,16H2,1-3H3,(H,28,32)/t20-/m1/s1. The van der Waals surface area contributed by atoms with E-state index >= 15 is 0 Å². The number of pyridine rings is 1. The number of anilines is 1. The van der Waals surface area contributed by atoms with E-state index < -0.39 is 17.7 Å². The maximum Gasteiger partial charge on any atom is 0.342 e. The Morgan fingerprint density at radius 2 is 2.15 bits per heavy atom. The summed E-state index contributed by atoms with van der Waals surface area (Å²) in [6, 6.07) is 9.38. The molecule has 3 aromatic rings. The smallest absolute Gasteiger partial charge is 0.342 e. The fourth-order valence-corrected chi connectivity index (χ4v) is 3.39. The summed E-state index contributed by atoms with van der Waals surface area (Å²) in [4.78, 5) is 31.5. The Labute approximate surface area is 197 Å². The largest absolute Gasteiger partial charge is 0.489 e. The molecule has 1 aliphatic heterocycles. The highest BCUT2D eigenvalue weighted by Crippen LogP contribution is 2.31. The molecule has 2 aromatic heterocycles. The van der Waals surface area contributed by atoms with E-state index in [9.17, 15) is 14.7 Å². The van der Waals surface area contributed by atoms with E-state index in [2.05, 4.69) is 27.2 Å². The number of benzene rings is 1. The van der Waals surface area contributed by atoms with Crippen LogP contribution in [0.2, 0.25) is 0 Å². The Morgan fingerprint density at radius 1 is 1.32 bits per heavy atom. The van der Waals surface area contributed by atoms with Gasteiger partial charge in [-0.05, 0) is 49.7 Å². The second-order valence-electron chi connectivity index (χ2n) is 8.49. The molecule has 9 nitrogen and oxygen atoms in total. The van der Waals surface area contributed by atoms with Crippen molar-refractivity contribution in [1.29, 1.82) is 0 Å². The summed E-state index contributed by atoms with van der Waals surface area (Å²) in [6.45, 7) is 3.16. The lowest BCUT2D eigenvalue weighted by molar-refractivity contribution is -0.120. The Morgan fingerprint density at radius 3 is 2.88 bits per heavy atom. The zero-order chi connectivity index (χ0) is 24.3. The van der Waals surface area contributed by atoms with E-state index in [4.69, 9.17) is 4.74 Å². The maximum absolute atomic E-state index is 13.1. The van der Waals surface area contributed by atoms with Gasteiger partial charge in [0.15, 0.2) is 0 Å². The quantitative estimate of drug-likeness (QED) is 0.580. The average molecular weight is 460 g/mol. The van der Waals surface area contributed by atoms with E-state index in [-0.39, 0.29) is 12.5 Å². The van der Waals surface area contributed by atoms with E-state index in [0.717, 1.165) is 15.9 Å². The lowest BCUT2D eigenvalue weighted by Gasteiger charge is -2.20. The van der Waals surface area contributed by atoms with Crippen molar-refractivity contribution in [1.82, 2.24) is 20.1 Å². The molecule has 2 amide bonds. The Kier molecular flexibility index (Phi) is 6.34. The van der Waals surface area contributed by atoms with E-state index in [1.807, 2.05) is 18.2 Å². The van der Waals surface area contributed by atoms with Gasteiger partial charge in [-0.3, -0.25) is 9.78 Å². The van der Waals surface area contributed by atoms with Gasteiger partial charge in [0.05, 0.1) is 11.9 Å². The van der Waals surface area contributed by atoms with Crippen LogP contribution in [-0.2, 0) is 11.2 Å². The predicted molar refractivity (Wildman–Crippen MR) is 126 cm³/mol. The molecule has 0 saturated carbocycles. The van der Waals surface area contributed by atoms with Crippen molar-refractivity contribution in [3.05, 3.63) is 71.8 Å². The molecular weight excluding hydrogens is 434 g/mol. The number of ether oxygens (including phenoxy) is 1. The first-order valence-electron chi connectivity index (χ1n) is 10.7. The van der Waals surface area contributed by atoms with Crippen LogP contribution in [0.1, 0.15) is 30.7 Å². The molecular formula is C25H25N5O4. The van der Waals surface area contributed by atoms with Gasteiger partial charge in [0.1, 0.15) is 24.0 Å². The fraction of sp³-hybridized carbons (Fsp3) is 0.280. The van der Waals surface area contributed by atoms with Crippen LogP contribution in [0.3, 0.4) is 0 Å². The SMILES string of the molecule is CN1C(=O)[C@H](NC(=O)n2cc(Cc3ccccn3)cn2)COc2ccc(C#CC(C)(C)O)cc21. The Balaban J connectivity index is 1.46. The molecule has 0 fully saturated rings. The monoisotopic (exact) mass is 459 g/mol. The molecule has 0 unspecified atom stereocenters. The van der Waals surface area contributed by atoms with Crippen molar-refractivity contribution < 1.29 is 19.4 Å². The van der Waals surface area contributed by atoms with Gasteiger partial charge in [0, 0.05) is 37.1 Å². The van der Waals surface area contributed by atoms with Crippen LogP contribution in [0.15, 0.2) is 55.0 Å². The van der Waals surface area contributed by atoms with E-state index in [1.165, 1.54) is 4.90 Å². The number of hydrogen-bond acceptors (Lipinski definition) is 6. The molecule has 0 spiro atoms. The Hall–Kier alpha value is -4.16. The number of amides is 2. The van der Waals surface area contributed by atoms with Crippen LogP contribution in [0.5, 0.6) is 5.75 Å². The van der Waals surface area contributed by atoms with Crippen LogP contribution >= 0.6 is 0 Å². The first-order chi connectivity index (χ1) is 16.2. The number of carbonyl (C=O) groups is 2. The third kappa shape index (κ3) is 5.42. The van der Waals surface area contributed by atoms with Crippen molar-refractivity contribution in [3.63, 3.8) is 0 Å². The van der Waals surface area contributed by atoms with Crippen molar-refractivity contribution in [2.45, 2.75) is 31.9 Å². The second-order valence-corrected chi connectivity index (χ2v) is 8.49. The summed E-state index contributed by atoms with van der Waals surface area (Å²) in [5.74, 6) is 5.81. The molecule has 0 radical (unpaired) electrons. The molecule has 0 aliphatic carbocycles. The van der Waals surface area contributed by atoms with E-state index in [0.29, 0.717) is 23.4 Å². The van der Waals surface area contributed by atoms with Crippen LogP contribution in [0.4, 0.5) is 10.5 Å². The third-order valence-electron chi connectivity index (χ3n) is 5.12. The van der Waals surface area contributed by atoms with Gasteiger partial charge in [0.25, 0.3) is 5.91 Å². The normalized spacial score (nSPS) is 15.5. The lowest BCUT2D eigenvalue weighted by atomic mass is 10.1. The average Bonchev–Trinajstić information content (AvgIpc) is 3.24. The summed E-state index contributed by atoms with van der Waals surface area (Å²) in [5, 5.41) is 16.6. The van der Waals surface area contributed by atoms with Gasteiger partial charge >= 0.3 is 6.03 Å². The zero-order valence-electron chi connectivity index (χ0n) is 19.1. The number of aliphatic hydroxyl groups is 1. The highest BCUT2D eigenvalue weighted by Gasteiger charge is 2.31. The molecule has 1 aliphatic rings. The molecule has 3 heterocycles. The molecule has 1 atom stereocenters. The van der Waals surface area contributed by atoms with Crippen molar-refractivity contribution >= 4 is 17.6 Å². The second kappa shape index (κ2) is 9.37. The van der Waals surface area contributed by atoms with Crippen LogP contribution in [0, 0.1) is 11.8 Å². The summed E-state index contributed by atoms with van der Waals surface area (Å²) in [7, 11) is 1.61. The zero-order valence-corrected chi connectivity index (χ0v) is 19.1. The van der Waals surface area contributed by atoms with Crippen molar-refractivity contribution in [2.24, 2.45) is 0 Å². The van der Waals surface area contributed by atoms with Crippen molar-refractivity contribution in [3.8, 4) is 17.6 Å². The van der Waals surface area contributed by atoms with Gasteiger partial charge in [-0.15, -0.1) is 0 Å². The summed E-state index contributed by atoms with van der Waals surface area (Å²) in [6.07, 6.45) is 5.45. The Bertz CT molecular complexity index is 1270. The summed E-state index contributed by atoms with van der Waals surface area (Å²) >= 11 is 0. The fourth-order valence-electron chi connectivity index (χ4n) is 3.39. The first kappa shape index (κ1) is 23.0. The number of nitrogens with one attached hydrogen (secondary N) is 1. The van der Waals surface area contributed by atoms with Crippen LogP contribution in [-0.4, -0.2) is 57.1 Å². The van der Waals surface area contributed by atoms with Gasteiger partial charge in [-0.2, -0.15) is 9.78 Å². The minimum atomic E-state index is -1.13. The van der Waals surface area contributed by atoms with Gasteiger partial charge in [0.2, 0.25) is 0 Å². The highest BCUT2D eigenvalue weighted by molar-refractivity contribution is 6.00. The number of likely N-dealkylation sites (N-methyl/N-ethyl adjacent to an activating group) is 1. The number of hydrogen-bond donors (Lipinski definition) is 2. The minimum Gasteiger partial charge on any atom is -0.489 e. The number of carbonyl (C=O) groups excluding carboxylic acids is 2. The van der Waals surface area contributed by atoms with Gasteiger partial charge in [-0.25, -0.2) is 4.79 Å². The van der Waals surface area contributed by atoms with Crippen LogP contribution in [0.25, 0.3) is 0 Å². The lowest BCUT2D eigenvalue weighted by Crippen LogP contribution is -2.50. The van der Waals surface area contributed by atoms with E-state index in [1.54, 1.807) is 57.7 Å². The summed E-state index contributed by atoms with van der Waals surface area (Å²) in [5.41, 5.74) is 1.71. The maximum atomic E-state index is 13.1. The molecule has 2 N–H and O–H groups in total. The van der Waals surface area contributed by atoms with Crippen LogP contribution < -0.4 is 15.0 Å². The topological polar surface area (TPSA) is 110 Å². The molecule has 1 aromatic carbocycles. The van der Waals surface area contributed by atoms with Gasteiger partial charge < -0.3 is 20.1 Å². The third-order valence-corrected chi connectivity index (χ3v) is 5.12. The minimum absolute atomic E-state index is 0.0291. The summed E-state index contributed by atoms with van der Waals surface area (Å²) < 4.78 is 6.97. The molecule has 34 heavy (non-hydrogen) atoms. The van der Waals surface area contributed by atoms with Crippen molar-refractivity contribution in [2.75, 3.05) is 18.6 Å². The molecule has 4 rings (SSSR count). The number of aromatic nitrogens is 3. The first-order valence-corrected chi connectivity index (χ1v) is 10.7. The predicted octanol–water partition coefficient (Wildman–Crippen LogP) is 1.97.